The molecule has 0 aliphatic heterocycles. The van der Waals surface area contributed by atoms with E-state index in [2.05, 4.69) is 45.0 Å². The zero-order valence-electron chi connectivity index (χ0n) is 10.8. The number of benzene rings is 1. The molecule has 5 heteroatoms. The third-order valence-corrected chi connectivity index (χ3v) is 5.88. The van der Waals surface area contributed by atoms with Gasteiger partial charge in [0.05, 0.1) is 11.0 Å². The Labute approximate surface area is 131 Å². The molecule has 2 nitrogen and oxygen atoms in total. The van der Waals surface area contributed by atoms with E-state index in [1.807, 2.05) is 11.8 Å². The largest absolute Gasteiger partial charge is 0.327 e. The number of alkyl halides is 1. The fourth-order valence-corrected chi connectivity index (χ4v) is 3.75. The number of fused-ring (bicyclic) bond motifs is 1. The standard InChI is InChI=1S/C14H16BrClN2S/c1-19-14(5-6-14)9-18-12-3-2-10(15)8-11(12)17-13(18)4-7-16/h2-3,8H,4-7,9H2,1H3. The molecule has 0 N–H and O–H groups in total. The molecule has 1 heterocycles. The molecule has 1 aromatic heterocycles. The van der Waals surface area contributed by atoms with E-state index in [0.29, 0.717) is 10.6 Å². The topological polar surface area (TPSA) is 17.8 Å². The molecule has 0 atom stereocenters. The highest BCUT2D eigenvalue weighted by molar-refractivity contribution is 9.10. The Morgan fingerprint density at radius 3 is 2.89 bits per heavy atom. The van der Waals surface area contributed by atoms with Crippen LogP contribution in [0.25, 0.3) is 11.0 Å². The van der Waals surface area contributed by atoms with Gasteiger partial charge in [-0.3, -0.25) is 0 Å². The van der Waals surface area contributed by atoms with Gasteiger partial charge in [-0.15, -0.1) is 11.6 Å². The number of nitrogens with zero attached hydrogens (tertiary/aromatic N) is 2. The normalized spacial score (nSPS) is 17.0. The average Bonchev–Trinajstić information content (AvgIpc) is 3.10. The van der Waals surface area contributed by atoms with Gasteiger partial charge in [-0.2, -0.15) is 11.8 Å². The molecular formula is C14H16BrClN2S. The van der Waals surface area contributed by atoms with Crippen molar-refractivity contribution in [3.63, 3.8) is 0 Å². The second-order valence-corrected chi connectivity index (χ2v) is 7.64. The number of hydrogen-bond acceptors (Lipinski definition) is 2. The number of rotatable bonds is 5. The van der Waals surface area contributed by atoms with Gasteiger partial charge in [-0.1, -0.05) is 15.9 Å². The second-order valence-electron chi connectivity index (χ2n) is 5.07. The lowest BCUT2D eigenvalue weighted by atomic mass is 10.3. The van der Waals surface area contributed by atoms with Crippen LogP contribution >= 0.6 is 39.3 Å². The van der Waals surface area contributed by atoms with Crippen molar-refractivity contribution >= 4 is 50.3 Å². The van der Waals surface area contributed by atoms with E-state index in [0.717, 1.165) is 28.8 Å². The third kappa shape index (κ3) is 2.67. The predicted molar refractivity (Wildman–Crippen MR) is 87.3 cm³/mol. The first-order chi connectivity index (χ1) is 9.17. The number of halogens is 2. The lowest BCUT2D eigenvalue weighted by Crippen LogP contribution is -2.16. The van der Waals surface area contributed by atoms with Crippen molar-refractivity contribution in [2.45, 2.75) is 30.6 Å². The fourth-order valence-electron chi connectivity index (χ4n) is 2.46. The van der Waals surface area contributed by atoms with E-state index in [-0.39, 0.29) is 0 Å². The highest BCUT2D eigenvalue weighted by Gasteiger charge is 2.42. The maximum atomic E-state index is 5.92. The van der Waals surface area contributed by atoms with Crippen LogP contribution in [0.15, 0.2) is 22.7 Å². The highest BCUT2D eigenvalue weighted by Crippen LogP contribution is 2.49. The van der Waals surface area contributed by atoms with Gasteiger partial charge in [0.25, 0.3) is 0 Å². The molecule has 1 fully saturated rings. The van der Waals surface area contributed by atoms with Gasteiger partial charge in [0, 0.05) is 28.1 Å². The van der Waals surface area contributed by atoms with Crippen LogP contribution in [0, 0.1) is 0 Å². The monoisotopic (exact) mass is 358 g/mol. The molecule has 19 heavy (non-hydrogen) atoms. The summed E-state index contributed by atoms with van der Waals surface area (Å²) in [6, 6.07) is 6.33. The molecule has 1 aliphatic rings. The summed E-state index contributed by atoms with van der Waals surface area (Å²) in [5.41, 5.74) is 2.29. The molecule has 0 spiro atoms. The molecule has 0 saturated heterocycles. The van der Waals surface area contributed by atoms with Crippen LogP contribution in [-0.2, 0) is 13.0 Å². The van der Waals surface area contributed by atoms with Crippen LogP contribution in [-0.4, -0.2) is 26.4 Å². The van der Waals surface area contributed by atoms with E-state index in [1.54, 1.807) is 0 Å². The fraction of sp³-hybridized carbons (Fsp3) is 0.500. The first-order valence-electron chi connectivity index (χ1n) is 6.43. The van der Waals surface area contributed by atoms with Crippen LogP contribution in [0.3, 0.4) is 0 Å². The first kappa shape index (κ1) is 13.8. The highest BCUT2D eigenvalue weighted by atomic mass is 79.9. The van der Waals surface area contributed by atoms with Gasteiger partial charge in [0.2, 0.25) is 0 Å². The van der Waals surface area contributed by atoms with E-state index >= 15 is 0 Å². The Morgan fingerprint density at radius 1 is 1.47 bits per heavy atom. The van der Waals surface area contributed by atoms with Crippen LogP contribution in [0.4, 0.5) is 0 Å². The predicted octanol–water partition coefficient (Wildman–Crippen LogP) is 4.48. The quantitative estimate of drug-likeness (QED) is 0.733. The smallest absolute Gasteiger partial charge is 0.111 e. The Hall–Kier alpha value is -0.190. The Bertz CT molecular complexity index is 607. The van der Waals surface area contributed by atoms with Crippen molar-refractivity contribution in [1.82, 2.24) is 9.55 Å². The van der Waals surface area contributed by atoms with Gasteiger partial charge in [-0.05, 0) is 37.3 Å². The lowest BCUT2D eigenvalue weighted by Gasteiger charge is -2.16. The maximum absolute atomic E-state index is 5.92. The summed E-state index contributed by atoms with van der Waals surface area (Å²) in [6.45, 7) is 1.05. The molecule has 2 aromatic rings. The molecule has 0 radical (unpaired) electrons. The molecular weight excluding hydrogens is 344 g/mol. The summed E-state index contributed by atoms with van der Waals surface area (Å²) in [4.78, 5) is 4.75. The van der Waals surface area contributed by atoms with Gasteiger partial charge >= 0.3 is 0 Å². The van der Waals surface area contributed by atoms with Crippen molar-refractivity contribution in [1.29, 1.82) is 0 Å². The average molecular weight is 360 g/mol. The van der Waals surface area contributed by atoms with E-state index in [1.165, 1.54) is 18.4 Å². The Kier molecular flexibility index (Phi) is 3.84. The van der Waals surface area contributed by atoms with Gasteiger partial charge in [0.1, 0.15) is 5.82 Å². The van der Waals surface area contributed by atoms with Crippen LogP contribution in [0.1, 0.15) is 18.7 Å². The minimum absolute atomic E-state index is 0.432. The molecule has 0 unspecified atom stereocenters. The van der Waals surface area contributed by atoms with Crippen LogP contribution in [0.2, 0.25) is 0 Å². The van der Waals surface area contributed by atoms with Crippen molar-refractivity contribution in [3.8, 4) is 0 Å². The summed E-state index contributed by atoms with van der Waals surface area (Å²) in [5, 5.41) is 0. The van der Waals surface area contributed by atoms with E-state index in [9.17, 15) is 0 Å². The van der Waals surface area contributed by atoms with Gasteiger partial charge in [-0.25, -0.2) is 4.98 Å². The Balaban J connectivity index is 2.06. The SMILES string of the molecule is CSC1(Cn2c(CCCl)nc3cc(Br)ccc32)CC1. The molecule has 0 amide bonds. The summed E-state index contributed by atoms with van der Waals surface area (Å²) in [5.74, 6) is 1.74. The van der Waals surface area contributed by atoms with Gasteiger partial charge < -0.3 is 4.57 Å². The van der Waals surface area contributed by atoms with Crippen LogP contribution in [0.5, 0.6) is 0 Å². The van der Waals surface area contributed by atoms with E-state index < -0.39 is 0 Å². The number of aromatic nitrogens is 2. The van der Waals surface area contributed by atoms with Crippen molar-refractivity contribution in [2.24, 2.45) is 0 Å². The number of hydrogen-bond donors (Lipinski definition) is 0. The molecule has 0 bridgehead atoms. The van der Waals surface area contributed by atoms with Gasteiger partial charge in [0.15, 0.2) is 0 Å². The van der Waals surface area contributed by atoms with Crippen molar-refractivity contribution < 1.29 is 0 Å². The van der Waals surface area contributed by atoms with Crippen LogP contribution < -0.4 is 0 Å². The maximum Gasteiger partial charge on any atom is 0.111 e. The second kappa shape index (κ2) is 5.30. The summed E-state index contributed by atoms with van der Waals surface area (Å²) < 4.78 is 3.88. The molecule has 1 aliphatic carbocycles. The van der Waals surface area contributed by atoms with E-state index in [4.69, 9.17) is 16.6 Å². The molecule has 1 aromatic carbocycles. The molecule has 102 valence electrons. The minimum atomic E-state index is 0.432. The zero-order chi connectivity index (χ0) is 13.5. The number of thioether (sulfide) groups is 1. The lowest BCUT2D eigenvalue weighted by molar-refractivity contribution is 0.645. The Morgan fingerprint density at radius 2 is 2.26 bits per heavy atom. The minimum Gasteiger partial charge on any atom is -0.327 e. The summed E-state index contributed by atoms with van der Waals surface area (Å²) >= 11 is 11.4. The molecule has 1 saturated carbocycles. The summed E-state index contributed by atoms with van der Waals surface area (Å²) in [7, 11) is 0. The van der Waals surface area contributed by atoms with Crippen molar-refractivity contribution in [3.05, 3.63) is 28.5 Å². The number of aryl methyl sites for hydroxylation is 1. The first-order valence-corrected chi connectivity index (χ1v) is 8.98. The summed E-state index contributed by atoms with van der Waals surface area (Å²) in [6.07, 6.45) is 5.66. The third-order valence-electron chi connectivity index (χ3n) is 3.79. The molecule has 3 rings (SSSR count). The zero-order valence-corrected chi connectivity index (χ0v) is 14.0. The number of imidazole rings is 1. The van der Waals surface area contributed by atoms with Crippen molar-refractivity contribution in [2.75, 3.05) is 12.1 Å².